The summed E-state index contributed by atoms with van der Waals surface area (Å²) in [5, 5.41) is 0. The summed E-state index contributed by atoms with van der Waals surface area (Å²) in [5.74, 6) is 0.243. The lowest BCUT2D eigenvalue weighted by atomic mass is 9.99. The number of carbonyl (C=O) groups is 1. The van der Waals surface area contributed by atoms with Crippen molar-refractivity contribution in [2.45, 2.75) is 19.4 Å². The highest BCUT2D eigenvalue weighted by atomic mass is 16.2. The van der Waals surface area contributed by atoms with E-state index in [1.54, 1.807) is 0 Å². The second-order valence-corrected chi connectivity index (χ2v) is 5.36. The van der Waals surface area contributed by atoms with E-state index in [1.165, 1.54) is 11.1 Å². The van der Waals surface area contributed by atoms with Gasteiger partial charge in [-0.05, 0) is 29.7 Å². The van der Waals surface area contributed by atoms with E-state index in [0.717, 1.165) is 26.1 Å². The Morgan fingerprint density at radius 2 is 1.81 bits per heavy atom. The minimum atomic E-state index is 0.243. The van der Waals surface area contributed by atoms with Gasteiger partial charge in [0.15, 0.2) is 0 Å². The predicted molar refractivity (Wildman–Crippen MR) is 84.7 cm³/mol. The van der Waals surface area contributed by atoms with Crippen LogP contribution in [-0.4, -0.2) is 28.5 Å². The number of rotatable bonds is 4. The Hall–Kier alpha value is -2.29. The van der Waals surface area contributed by atoms with E-state index in [-0.39, 0.29) is 5.91 Å². The van der Waals surface area contributed by atoms with E-state index < -0.39 is 0 Å². The maximum Gasteiger partial charge on any atom is 0.224 e. The summed E-state index contributed by atoms with van der Waals surface area (Å²) >= 11 is 0. The fraction of sp³-hybridized carbons (Fsp3) is 0.278. The molecule has 0 saturated heterocycles. The Bertz CT molecular complexity index is 614. The average Bonchev–Trinajstić information content (AvgIpc) is 3.07. The SMILES string of the molecule is O=C(CCn1cccc1)N1CC=C(c2ccccc2)CC1. The molecule has 108 valence electrons. The Kier molecular flexibility index (Phi) is 4.20. The van der Waals surface area contributed by atoms with Crippen LogP contribution < -0.4 is 0 Å². The Labute approximate surface area is 125 Å². The van der Waals surface area contributed by atoms with E-state index in [9.17, 15) is 4.79 Å². The first-order valence-corrected chi connectivity index (χ1v) is 7.46. The lowest BCUT2D eigenvalue weighted by Gasteiger charge is -2.27. The molecule has 1 aliphatic rings. The van der Waals surface area contributed by atoms with Gasteiger partial charge in [-0.15, -0.1) is 0 Å². The molecule has 0 fully saturated rings. The molecule has 1 aromatic carbocycles. The predicted octanol–water partition coefficient (Wildman–Crippen LogP) is 3.19. The molecule has 0 spiro atoms. The third-order valence-electron chi connectivity index (χ3n) is 3.96. The standard InChI is InChI=1S/C18H20N2O/c21-18(10-13-19-11-4-5-12-19)20-14-8-17(9-15-20)16-6-2-1-3-7-16/h1-8,11-12H,9-10,13-15H2. The number of aromatic nitrogens is 1. The molecule has 0 radical (unpaired) electrons. The van der Waals surface area contributed by atoms with E-state index in [2.05, 4.69) is 30.3 Å². The van der Waals surface area contributed by atoms with Crippen molar-refractivity contribution in [3.8, 4) is 0 Å². The Balaban J connectivity index is 1.55. The summed E-state index contributed by atoms with van der Waals surface area (Å²) in [7, 11) is 0. The largest absolute Gasteiger partial charge is 0.354 e. The first-order valence-electron chi connectivity index (χ1n) is 7.46. The molecular formula is C18H20N2O. The molecular weight excluding hydrogens is 260 g/mol. The van der Waals surface area contributed by atoms with Crippen LogP contribution in [0.4, 0.5) is 0 Å². The zero-order valence-corrected chi connectivity index (χ0v) is 12.1. The van der Waals surface area contributed by atoms with Gasteiger partial charge in [-0.25, -0.2) is 0 Å². The van der Waals surface area contributed by atoms with Crippen LogP contribution in [0.1, 0.15) is 18.4 Å². The molecule has 0 atom stereocenters. The highest BCUT2D eigenvalue weighted by Crippen LogP contribution is 2.22. The van der Waals surface area contributed by atoms with Crippen LogP contribution >= 0.6 is 0 Å². The number of aryl methyl sites for hydroxylation is 1. The van der Waals surface area contributed by atoms with Crippen LogP contribution in [0.25, 0.3) is 5.57 Å². The molecule has 1 amide bonds. The van der Waals surface area contributed by atoms with Gasteiger partial charge in [0.1, 0.15) is 0 Å². The minimum Gasteiger partial charge on any atom is -0.354 e. The quantitative estimate of drug-likeness (QED) is 0.844. The van der Waals surface area contributed by atoms with Crippen molar-refractivity contribution in [1.82, 2.24) is 9.47 Å². The second-order valence-electron chi connectivity index (χ2n) is 5.36. The van der Waals surface area contributed by atoms with Gasteiger partial charge in [-0.3, -0.25) is 4.79 Å². The van der Waals surface area contributed by atoms with Crippen molar-refractivity contribution >= 4 is 11.5 Å². The molecule has 0 bridgehead atoms. The maximum absolute atomic E-state index is 12.2. The first-order chi connectivity index (χ1) is 10.3. The summed E-state index contributed by atoms with van der Waals surface area (Å²) < 4.78 is 2.05. The lowest BCUT2D eigenvalue weighted by Crippen LogP contribution is -2.35. The van der Waals surface area contributed by atoms with E-state index in [4.69, 9.17) is 0 Å². The first kappa shape index (κ1) is 13.7. The highest BCUT2D eigenvalue weighted by Gasteiger charge is 2.17. The molecule has 3 rings (SSSR count). The molecule has 2 heterocycles. The summed E-state index contributed by atoms with van der Waals surface area (Å²) in [5.41, 5.74) is 2.63. The molecule has 1 aliphatic heterocycles. The fourth-order valence-corrected chi connectivity index (χ4v) is 2.71. The topological polar surface area (TPSA) is 25.2 Å². The molecule has 21 heavy (non-hydrogen) atoms. The maximum atomic E-state index is 12.2. The normalized spacial score (nSPS) is 14.9. The van der Waals surface area contributed by atoms with Crippen molar-refractivity contribution in [3.05, 3.63) is 66.5 Å². The molecule has 3 heteroatoms. The van der Waals surface area contributed by atoms with Crippen molar-refractivity contribution < 1.29 is 4.79 Å². The number of nitrogens with zero attached hydrogens (tertiary/aromatic N) is 2. The van der Waals surface area contributed by atoms with Gasteiger partial charge >= 0.3 is 0 Å². The van der Waals surface area contributed by atoms with Crippen molar-refractivity contribution in [2.24, 2.45) is 0 Å². The second kappa shape index (κ2) is 6.44. The van der Waals surface area contributed by atoms with Gasteiger partial charge in [0.25, 0.3) is 0 Å². The van der Waals surface area contributed by atoms with Crippen LogP contribution in [0.5, 0.6) is 0 Å². The van der Waals surface area contributed by atoms with Crippen molar-refractivity contribution in [3.63, 3.8) is 0 Å². The molecule has 3 nitrogen and oxygen atoms in total. The van der Waals surface area contributed by atoms with Gasteiger partial charge < -0.3 is 9.47 Å². The number of hydrogen-bond acceptors (Lipinski definition) is 1. The third-order valence-corrected chi connectivity index (χ3v) is 3.96. The Morgan fingerprint density at radius 1 is 1.05 bits per heavy atom. The third kappa shape index (κ3) is 3.43. The van der Waals surface area contributed by atoms with Gasteiger partial charge in [0, 0.05) is 38.4 Å². The monoisotopic (exact) mass is 280 g/mol. The van der Waals surface area contributed by atoms with Crippen LogP contribution in [-0.2, 0) is 11.3 Å². The zero-order valence-electron chi connectivity index (χ0n) is 12.1. The van der Waals surface area contributed by atoms with E-state index >= 15 is 0 Å². The Morgan fingerprint density at radius 3 is 2.48 bits per heavy atom. The summed E-state index contributed by atoms with van der Waals surface area (Å²) in [6, 6.07) is 14.4. The summed E-state index contributed by atoms with van der Waals surface area (Å²) in [4.78, 5) is 14.2. The fourth-order valence-electron chi connectivity index (χ4n) is 2.71. The van der Waals surface area contributed by atoms with Gasteiger partial charge in [-0.2, -0.15) is 0 Å². The molecule has 0 unspecified atom stereocenters. The average molecular weight is 280 g/mol. The summed E-state index contributed by atoms with van der Waals surface area (Å²) in [6.07, 6.45) is 7.70. The molecule has 1 aromatic heterocycles. The van der Waals surface area contributed by atoms with Crippen LogP contribution in [0, 0.1) is 0 Å². The number of carbonyl (C=O) groups excluding carboxylic acids is 1. The molecule has 0 N–H and O–H groups in total. The summed E-state index contributed by atoms with van der Waals surface area (Å²) in [6.45, 7) is 2.32. The molecule has 0 aliphatic carbocycles. The van der Waals surface area contributed by atoms with Crippen LogP contribution in [0.2, 0.25) is 0 Å². The van der Waals surface area contributed by atoms with Gasteiger partial charge in [-0.1, -0.05) is 36.4 Å². The van der Waals surface area contributed by atoms with Crippen molar-refractivity contribution in [2.75, 3.05) is 13.1 Å². The number of hydrogen-bond donors (Lipinski definition) is 0. The minimum absolute atomic E-state index is 0.243. The van der Waals surface area contributed by atoms with Crippen LogP contribution in [0.3, 0.4) is 0 Å². The van der Waals surface area contributed by atoms with Crippen LogP contribution in [0.15, 0.2) is 60.9 Å². The van der Waals surface area contributed by atoms with E-state index in [0.29, 0.717) is 6.42 Å². The van der Waals surface area contributed by atoms with Gasteiger partial charge in [0.2, 0.25) is 5.91 Å². The molecule has 0 saturated carbocycles. The zero-order chi connectivity index (χ0) is 14.5. The molecule has 2 aromatic rings. The van der Waals surface area contributed by atoms with Crippen molar-refractivity contribution in [1.29, 1.82) is 0 Å². The number of amides is 1. The smallest absolute Gasteiger partial charge is 0.224 e. The highest BCUT2D eigenvalue weighted by molar-refractivity contribution is 5.78. The lowest BCUT2D eigenvalue weighted by molar-refractivity contribution is -0.131. The number of benzene rings is 1. The van der Waals surface area contributed by atoms with Gasteiger partial charge in [0.05, 0.1) is 0 Å². The van der Waals surface area contributed by atoms with E-state index in [1.807, 2.05) is 40.1 Å².